The van der Waals surface area contributed by atoms with Gasteiger partial charge >= 0.3 is 6.36 Å². The molecular weight excluding hydrogens is 287 g/mol. The van der Waals surface area contributed by atoms with Crippen LogP contribution in [0, 0.1) is 0 Å². The largest absolute Gasteiger partial charge is 0.573 e. The van der Waals surface area contributed by atoms with Gasteiger partial charge in [0.1, 0.15) is 5.69 Å². The topological polar surface area (TPSA) is 108 Å². The number of aromatic nitrogens is 1. The lowest BCUT2D eigenvalue weighted by atomic mass is 10.3. The lowest BCUT2D eigenvalue weighted by Gasteiger charge is -2.14. The Hall–Kier alpha value is -1.42. The van der Waals surface area contributed by atoms with Gasteiger partial charge in [0, 0.05) is 10.7 Å². The van der Waals surface area contributed by atoms with Crippen LogP contribution >= 0.6 is 10.7 Å². The van der Waals surface area contributed by atoms with Crippen LogP contribution < -0.4 is 16.2 Å². The zero-order valence-electron chi connectivity index (χ0n) is 7.82. The maximum Gasteiger partial charge on any atom is 0.573 e. The minimum atomic E-state index is -5.15. The molecule has 1 aromatic rings. The third-order valence-electron chi connectivity index (χ3n) is 1.52. The summed E-state index contributed by atoms with van der Waals surface area (Å²) in [5.74, 6) is -1.24. The van der Waals surface area contributed by atoms with Crippen LogP contribution in [0.3, 0.4) is 0 Å². The highest BCUT2D eigenvalue weighted by molar-refractivity contribution is 8.13. The summed E-state index contributed by atoms with van der Waals surface area (Å²) in [6.45, 7) is 0. The minimum absolute atomic E-state index is 0.367. The Balaban J connectivity index is 3.48. The van der Waals surface area contributed by atoms with Crippen molar-refractivity contribution < 1.29 is 26.3 Å². The number of pyridine rings is 1. The molecule has 0 aliphatic heterocycles. The number of halogens is 4. The van der Waals surface area contributed by atoms with Crippen LogP contribution in [0.4, 0.5) is 24.5 Å². The highest BCUT2D eigenvalue weighted by atomic mass is 35.7. The molecule has 1 aromatic heterocycles. The minimum Gasteiger partial charge on any atom is -0.400 e. The monoisotopic (exact) mass is 291 g/mol. The van der Waals surface area contributed by atoms with Crippen molar-refractivity contribution in [2.75, 3.05) is 11.5 Å². The maximum absolute atomic E-state index is 12.0. The summed E-state index contributed by atoms with van der Waals surface area (Å²) in [4.78, 5) is 3.14. The Labute approximate surface area is 97.7 Å². The van der Waals surface area contributed by atoms with Crippen molar-refractivity contribution in [2.45, 2.75) is 11.4 Å². The number of nitrogens with zero attached hydrogens (tertiary/aromatic N) is 1. The Bertz CT molecular complexity index is 545. The van der Waals surface area contributed by atoms with E-state index in [1.165, 1.54) is 0 Å². The molecule has 0 aliphatic rings. The van der Waals surface area contributed by atoms with Crippen molar-refractivity contribution in [1.29, 1.82) is 0 Å². The van der Waals surface area contributed by atoms with Crippen molar-refractivity contribution in [3.05, 3.63) is 6.20 Å². The molecule has 0 saturated carbocycles. The van der Waals surface area contributed by atoms with Crippen molar-refractivity contribution in [1.82, 2.24) is 4.98 Å². The number of rotatable bonds is 2. The molecule has 96 valence electrons. The van der Waals surface area contributed by atoms with Gasteiger partial charge in [0.2, 0.25) is 5.03 Å². The van der Waals surface area contributed by atoms with Gasteiger partial charge < -0.3 is 16.2 Å². The van der Waals surface area contributed by atoms with E-state index in [-0.39, 0.29) is 5.69 Å². The van der Waals surface area contributed by atoms with E-state index >= 15 is 0 Å². The lowest BCUT2D eigenvalue weighted by Crippen LogP contribution is -2.20. The predicted molar refractivity (Wildman–Crippen MR) is 52.8 cm³/mol. The second-order valence-electron chi connectivity index (χ2n) is 2.75. The second-order valence-corrected chi connectivity index (χ2v) is 5.23. The van der Waals surface area contributed by atoms with Gasteiger partial charge in [0.15, 0.2) is 5.75 Å². The number of nitrogens with two attached hydrogens (primary N) is 2. The van der Waals surface area contributed by atoms with Crippen LogP contribution in [0.1, 0.15) is 0 Å². The molecule has 1 rings (SSSR count). The van der Waals surface area contributed by atoms with Crippen LogP contribution in [0.15, 0.2) is 11.2 Å². The van der Waals surface area contributed by atoms with Crippen molar-refractivity contribution in [3.8, 4) is 5.75 Å². The maximum atomic E-state index is 12.0. The van der Waals surface area contributed by atoms with Crippen molar-refractivity contribution in [3.63, 3.8) is 0 Å². The van der Waals surface area contributed by atoms with E-state index in [1.807, 2.05) is 0 Å². The predicted octanol–water partition coefficient (Wildman–Crippen LogP) is 1.07. The molecule has 17 heavy (non-hydrogen) atoms. The van der Waals surface area contributed by atoms with Gasteiger partial charge in [-0.1, -0.05) is 0 Å². The average Bonchev–Trinajstić information content (AvgIpc) is 2.08. The summed E-state index contributed by atoms with van der Waals surface area (Å²) in [5.41, 5.74) is 9.27. The normalized spacial score (nSPS) is 12.5. The number of nitrogen functional groups attached to an aromatic ring is 2. The van der Waals surface area contributed by atoms with Crippen molar-refractivity contribution in [2.24, 2.45) is 0 Å². The van der Waals surface area contributed by atoms with E-state index in [1.54, 1.807) is 0 Å². The SMILES string of the molecule is Nc1cnc(S(=O)(=O)Cl)c(OC(F)(F)F)c1N. The number of anilines is 2. The van der Waals surface area contributed by atoms with E-state index in [9.17, 15) is 21.6 Å². The molecule has 0 fully saturated rings. The molecule has 11 heteroatoms. The van der Waals surface area contributed by atoms with Crippen LogP contribution in [0.2, 0.25) is 0 Å². The van der Waals surface area contributed by atoms with E-state index in [2.05, 4.69) is 9.72 Å². The average molecular weight is 292 g/mol. The van der Waals surface area contributed by atoms with Gasteiger partial charge in [-0.2, -0.15) is 0 Å². The quantitative estimate of drug-likeness (QED) is 0.789. The summed E-state index contributed by atoms with van der Waals surface area (Å²) in [6, 6.07) is 0. The fraction of sp³-hybridized carbons (Fsp3) is 0.167. The first kappa shape index (κ1) is 13.6. The number of hydrogen-bond donors (Lipinski definition) is 2. The van der Waals surface area contributed by atoms with Gasteiger partial charge in [-0.05, 0) is 0 Å². The molecule has 4 N–H and O–H groups in total. The Kier molecular flexibility index (Phi) is 3.30. The third-order valence-corrected chi connectivity index (χ3v) is 2.71. The molecule has 0 amide bonds. The molecule has 0 aromatic carbocycles. The third kappa shape index (κ3) is 3.27. The molecule has 1 heterocycles. The first-order valence-corrected chi connectivity index (χ1v) is 6.07. The van der Waals surface area contributed by atoms with Crippen LogP contribution in [-0.4, -0.2) is 19.8 Å². The standard InChI is InChI=1S/C6H5ClF3N3O3S/c7-17(14,15)5-4(16-6(8,9)10)3(12)2(11)1-13-5/h1H,11H2,(H2,12,13). The molecule has 0 radical (unpaired) electrons. The van der Waals surface area contributed by atoms with Crippen LogP contribution in [0.25, 0.3) is 0 Å². The molecular formula is C6H5ClF3N3O3S. The number of alkyl halides is 3. The Morgan fingerprint density at radius 2 is 1.88 bits per heavy atom. The first-order valence-electron chi connectivity index (χ1n) is 3.76. The molecule has 0 bridgehead atoms. The molecule has 0 unspecified atom stereocenters. The zero-order valence-corrected chi connectivity index (χ0v) is 9.40. The molecule has 6 nitrogen and oxygen atoms in total. The summed E-state index contributed by atoms with van der Waals surface area (Å²) in [6.07, 6.45) is -4.40. The van der Waals surface area contributed by atoms with E-state index in [0.717, 1.165) is 6.20 Å². The van der Waals surface area contributed by atoms with Crippen molar-refractivity contribution >= 4 is 31.1 Å². The van der Waals surface area contributed by atoms with Gasteiger partial charge in [-0.25, -0.2) is 13.4 Å². The van der Waals surface area contributed by atoms with E-state index < -0.39 is 31.9 Å². The first-order chi connectivity index (χ1) is 7.52. The highest BCUT2D eigenvalue weighted by Gasteiger charge is 2.36. The van der Waals surface area contributed by atoms with Gasteiger partial charge in [-0.15, -0.1) is 13.2 Å². The highest BCUT2D eigenvalue weighted by Crippen LogP contribution is 2.37. The number of hydrogen-bond acceptors (Lipinski definition) is 6. The molecule has 0 saturated heterocycles. The van der Waals surface area contributed by atoms with Crippen LogP contribution in [-0.2, 0) is 9.05 Å². The van der Waals surface area contributed by atoms with E-state index in [4.69, 9.17) is 22.1 Å². The summed E-state index contributed by atoms with van der Waals surface area (Å²) >= 11 is 0. The smallest absolute Gasteiger partial charge is 0.400 e. The fourth-order valence-corrected chi connectivity index (χ4v) is 1.77. The van der Waals surface area contributed by atoms with E-state index in [0.29, 0.717) is 0 Å². The molecule has 0 atom stereocenters. The molecule has 0 spiro atoms. The summed E-state index contributed by atoms with van der Waals surface area (Å²) in [7, 11) is 0.338. The Morgan fingerprint density at radius 1 is 1.35 bits per heavy atom. The van der Waals surface area contributed by atoms with Gasteiger partial charge in [0.05, 0.1) is 11.9 Å². The lowest BCUT2D eigenvalue weighted by molar-refractivity contribution is -0.275. The van der Waals surface area contributed by atoms with Gasteiger partial charge in [-0.3, -0.25) is 0 Å². The summed E-state index contributed by atoms with van der Waals surface area (Å²) in [5, 5.41) is -1.15. The molecule has 0 aliphatic carbocycles. The van der Waals surface area contributed by atoms with Crippen LogP contribution in [0.5, 0.6) is 5.75 Å². The van der Waals surface area contributed by atoms with Gasteiger partial charge in [0.25, 0.3) is 9.05 Å². The zero-order chi connectivity index (χ0) is 13.4. The number of ether oxygens (including phenoxy) is 1. The second kappa shape index (κ2) is 4.11. The summed E-state index contributed by atoms with van der Waals surface area (Å²) < 4.78 is 61.5. The Morgan fingerprint density at radius 3 is 2.29 bits per heavy atom. The fourth-order valence-electron chi connectivity index (χ4n) is 0.891.